The summed E-state index contributed by atoms with van der Waals surface area (Å²) in [5, 5.41) is 5.83. The van der Waals surface area contributed by atoms with Crippen LogP contribution in [0.2, 0.25) is 0 Å². The molecule has 0 bridgehead atoms. The van der Waals surface area contributed by atoms with Gasteiger partial charge in [-0.2, -0.15) is 0 Å². The third-order valence-corrected chi connectivity index (χ3v) is 3.28. The smallest absolute Gasteiger partial charge is 0.314 e. The Morgan fingerprint density at radius 1 is 1.26 bits per heavy atom. The van der Waals surface area contributed by atoms with Gasteiger partial charge in [0, 0.05) is 12.6 Å². The summed E-state index contributed by atoms with van der Waals surface area (Å²) in [4.78, 5) is 11.6. The molecule has 106 valence electrons. The molecule has 0 heterocycles. The van der Waals surface area contributed by atoms with E-state index in [1.807, 2.05) is 13.0 Å². The van der Waals surface area contributed by atoms with Crippen LogP contribution in [0.5, 0.6) is 0 Å². The van der Waals surface area contributed by atoms with Crippen LogP contribution in [-0.4, -0.2) is 18.6 Å². The summed E-state index contributed by atoms with van der Waals surface area (Å²) in [5.41, 5.74) is 1.36. The summed E-state index contributed by atoms with van der Waals surface area (Å²) < 4.78 is 0. The van der Waals surface area contributed by atoms with Crippen molar-refractivity contribution in [2.45, 2.75) is 52.0 Å². The Bertz CT molecular complexity index is 387. The van der Waals surface area contributed by atoms with E-state index in [-0.39, 0.29) is 17.5 Å². The second-order valence-electron chi connectivity index (χ2n) is 5.76. The predicted octanol–water partition coefficient (Wildman–Crippen LogP) is 3.45. The van der Waals surface area contributed by atoms with E-state index in [2.05, 4.69) is 55.7 Å². The molecule has 1 atom stereocenters. The Morgan fingerprint density at radius 3 is 2.47 bits per heavy atom. The molecule has 2 amide bonds. The molecule has 0 saturated heterocycles. The number of rotatable bonds is 6. The van der Waals surface area contributed by atoms with E-state index in [1.165, 1.54) is 5.56 Å². The Labute approximate surface area is 116 Å². The lowest BCUT2D eigenvalue weighted by molar-refractivity contribution is 0.235. The van der Waals surface area contributed by atoms with Gasteiger partial charge < -0.3 is 10.6 Å². The van der Waals surface area contributed by atoms with Crippen molar-refractivity contribution in [2.75, 3.05) is 6.54 Å². The summed E-state index contributed by atoms with van der Waals surface area (Å²) in [6.45, 7) is 9.24. The van der Waals surface area contributed by atoms with Gasteiger partial charge in [-0.15, -0.1) is 0 Å². The topological polar surface area (TPSA) is 41.1 Å². The average Bonchev–Trinajstić information content (AvgIpc) is 2.36. The van der Waals surface area contributed by atoms with Crippen LogP contribution in [0.1, 0.15) is 46.1 Å². The Balaban J connectivity index is 2.51. The first-order chi connectivity index (χ1) is 8.95. The Kier molecular flexibility index (Phi) is 5.87. The average molecular weight is 262 g/mol. The maximum Gasteiger partial charge on any atom is 0.314 e. The first-order valence-corrected chi connectivity index (χ1v) is 7.05. The third-order valence-electron chi connectivity index (χ3n) is 3.28. The van der Waals surface area contributed by atoms with Crippen LogP contribution in [0.4, 0.5) is 4.79 Å². The van der Waals surface area contributed by atoms with Crippen LogP contribution in [0.25, 0.3) is 0 Å². The largest absolute Gasteiger partial charge is 0.338 e. The molecule has 0 spiro atoms. The lowest BCUT2D eigenvalue weighted by Gasteiger charge is -2.29. The molecule has 0 fully saturated rings. The Hall–Kier alpha value is -1.51. The van der Waals surface area contributed by atoms with Gasteiger partial charge in [-0.25, -0.2) is 4.79 Å². The number of carbonyl (C=O) groups excluding carboxylic acids is 1. The molecule has 2 N–H and O–H groups in total. The molecule has 3 nitrogen and oxygen atoms in total. The number of amides is 2. The number of urea groups is 1. The molecule has 0 aromatic heterocycles. The van der Waals surface area contributed by atoms with Crippen LogP contribution in [-0.2, 0) is 5.41 Å². The number of hydrogen-bond acceptors (Lipinski definition) is 1. The molecule has 1 aromatic carbocycles. The fraction of sp³-hybridized carbons (Fsp3) is 0.562. The molecule has 0 aliphatic rings. The third kappa shape index (κ3) is 5.33. The van der Waals surface area contributed by atoms with E-state index in [0.717, 1.165) is 19.4 Å². The first kappa shape index (κ1) is 15.5. The number of nitrogens with one attached hydrogen (secondary N) is 2. The second-order valence-corrected chi connectivity index (χ2v) is 5.76. The minimum absolute atomic E-state index is 0.0543. The predicted molar refractivity (Wildman–Crippen MR) is 80.4 cm³/mol. The summed E-state index contributed by atoms with van der Waals surface area (Å²) >= 11 is 0. The number of carbonyl (C=O) groups is 1. The molecule has 19 heavy (non-hydrogen) atoms. The summed E-state index contributed by atoms with van der Waals surface area (Å²) in [7, 11) is 0. The standard InChI is InChI=1S/C16H26N2O/c1-5-11-17-15(19)18-13(2)12-16(3,4)14-9-7-6-8-10-14/h6-10,13H,5,11-12H2,1-4H3,(H2,17,18,19). The van der Waals surface area contributed by atoms with Crippen molar-refractivity contribution in [3.8, 4) is 0 Å². The molecular formula is C16H26N2O. The second kappa shape index (κ2) is 7.17. The molecule has 3 heteroatoms. The van der Waals surface area contributed by atoms with Crippen LogP contribution in [0.3, 0.4) is 0 Å². The molecule has 1 rings (SSSR count). The van der Waals surface area contributed by atoms with E-state index in [4.69, 9.17) is 0 Å². The zero-order chi connectivity index (χ0) is 14.3. The highest BCUT2D eigenvalue weighted by atomic mass is 16.2. The highest BCUT2D eigenvalue weighted by Gasteiger charge is 2.23. The summed E-state index contributed by atoms with van der Waals surface area (Å²) in [6.07, 6.45) is 1.87. The van der Waals surface area contributed by atoms with Gasteiger partial charge in [0.05, 0.1) is 0 Å². The zero-order valence-corrected chi connectivity index (χ0v) is 12.5. The van der Waals surface area contributed by atoms with Crippen LogP contribution < -0.4 is 10.6 Å². The van der Waals surface area contributed by atoms with E-state index >= 15 is 0 Å². The lowest BCUT2D eigenvalue weighted by Crippen LogP contribution is -2.43. The quantitative estimate of drug-likeness (QED) is 0.810. The van der Waals surface area contributed by atoms with E-state index in [1.54, 1.807) is 0 Å². The van der Waals surface area contributed by atoms with Crippen LogP contribution in [0.15, 0.2) is 30.3 Å². The normalized spacial score (nSPS) is 12.8. The van der Waals surface area contributed by atoms with Crippen LogP contribution in [0, 0.1) is 0 Å². The summed E-state index contributed by atoms with van der Waals surface area (Å²) in [5.74, 6) is 0. The molecule has 1 unspecified atom stereocenters. The van der Waals surface area contributed by atoms with Gasteiger partial charge >= 0.3 is 6.03 Å². The zero-order valence-electron chi connectivity index (χ0n) is 12.5. The highest BCUT2D eigenvalue weighted by molar-refractivity contribution is 5.74. The molecule has 0 radical (unpaired) electrons. The van der Waals surface area contributed by atoms with Gasteiger partial charge in [0.25, 0.3) is 0 Å². The maximum absolute atomic E-state index is 11.6. The summed E-state index contributed by atoms with van der Waals surface area (Å²) in [6, 6.07) is 10.5. The lowest BCUT2D eigenvalue weighted by atomic mass is 9.79. The van der Waals surface area contributed by atoms with Crippen molar-refractivity contribution in [3.05, 3.63) is 35.9 Å². The first-order valence-electron chi connectivity index (χ1n) is 7.05. The van der Waals surface area contributed by atoms with E-state index in [9.17, 15) is 4.79 Å². The van der Waals surface area contributed by atoms with Crippen LogP contribution >= 0.6 is 0 Å². The molecule has 0 saturated carbocycles. The SMILES string of the molecule is CCCNC(=O)NC(C)CC(C)(C)c1ccccc1. The van der Waals surface area contributed by atoms with Crippen molar-refractivity contribution in [1.29, 1.82) is 0 Å². The molecule has 0 aliphatic heterocycles. The van der Waals surface area contributed by atoms with Gasteiger partial charge in [0.2, 0.25) is 0 Å². The van der Waals surface area contributed by atoms with Crippen molar-refractivity contribution in [1.82, 2.24) is 10.6 Å². The van der Waals surface area contributed by atoms with Gasteiger partial charge in [0.1, 0.15) is 0 Å². The monoisotopic (exact) mass is 262 g/mol. The van der Waals surface area contributed by atoms with Gasteiger partial charge in [-0.3, -0.25) is 0 Å². The van der Waals surface area contributed by atoms with Gasteiger partial charge in [-0.05, 0) is 30.7 Å². The maximum atomic E-state index is 11.6. The van der Waals surface area contributed by atoms with E-state index < -0.39 is 0 Å². The van der Waals surface area contributed by atoms with Gasteiger partial charge in [-0.1, -0.05) is 51.1 Å². The van der Waals surface area contributed by atoms with Crippen molar-refractivity contribution in [2.24, 2.45) is 0 Å². The fourth-order valence-electron chi connectivity index (χ4n) is 2.34. The molecular weight excluding hydrogens is 236 g/mol. The minimum atomic E-state index is -0.0711. The minimum Gasteiger partial charge on any atom is -0.338 e. The number of hydrogen-bond donors (Lipinski definition) is 2. The highest BCUT2D eigenvalue weighted by Crippen LogP contribution is 2.27. The molecule has 0 aliphatic carbocycles. The fourth-order valence-corrected chi connectivity index (χ4v) is 2.34. The number of benzene rings is 1. The van der Waals surface area contributed by atoms with Crippen molar-refractivity contribution >= 4 is 6.03 Å². The van der Waals surface area contributed by atoms with Gasteiger partial charge in [0.15, 0.2) is 0 Å². The van der Waals surface area contributed by atoms with E-state index in [0.29, 0.717) is 0 Å². The van der Waals surface area contributed by atoms with Crippen molar-refractivity contribution < 1.29 is 4.79 Å². The Morgan fingerprint density at radius 2 is 1.89 bits per heavy atom. The van der Waals surface area contributed by atoms with Crippen molar-refractivity contribution in [3.63, 3.8) is 0 Å². The molecule has 1 aromatic rings.